The van der Waals surface area contributed by atoms with Crippen LogP contribution in [0.4, 0.5) is 18.9 Å². The number of aromatic nitrogens is 1. The van der Waals surface area contributed by atoms with Crippen molar-refractivity contribution in [2.75, 3.05) is 0 Å². The summed E-state index contributed by atoms with van der Waals surface area (Å²) in [5.74, 6) is 0. The van der Waals surface area contributed by atoms with Gasteiger partial charge in [-0.25, -0.2) is 0 Å². The molecular formula is C13H9F3N2. The SMILES string of the molecule is FC(F)(F)c1ccc(N=Cc2ccccn2)cc1. The first-order valence-corrected chi connectivity index (χ1v) is 5.18. The Labute approximate surface area is 102 Å². The summed E-state index contributed by atoms with van der Waals surface area (Å²) in [5.41, 5.74) is 0.422. The molecule has 2 aromatic rings. The fourth-order valence-corrected chi connectivity index (χ4v) is 1.33. The van der Waals surface area contributed by atoms with E-state index in [1.807, 2.05) is 0 Å². The first-order valence-electron chi connectivity index (χ1n) is 5.18. The highest BCUT2D eigenvalue weighted by molar-refractivity contribution is 5.79. The number of alkyl halides is 3. The zero-order valence-corrected chi connectivity index (χ0v) is 9.22. The van der Waals surface area contributed by atoms with Crippen molar-refractivity contribution < 1.29 is 13.2 Å². The molecule has 1 aromatic heterocycles. The topological polar surface area (TPSA) is 25.2 Å². The van der Waals surface area contributed by atoms with Gasteiger partial charge in [0.25, 0.3) is 0 Å². The number of hydrogen-bond donors (Lipinski definition) is 0. The largest absolute Gasteiger partial charge is 0.416 e. The minimum Gasteiger partial charge on any atom is -0.255 e. The molecule has 2 nitrogen and oxygen atoms in total. The molecule has 0 spiro atoms. The van der Waals surface area contributed by atoms with Gasteiger partial charge in [-0.05, 0) is 36.4 Å². The van der Waals surface area contributed by atoms with Crippen molar-refractivity contribution in [2.45, 2.75) is 6.18 Å². The maximum atomic E-state index is 12.3. The normalized spacial score (nSPS) is 11.9. The molecule has 18 heavy (non-hydrogen) atoms. The fraction of sp³-hybridized carbons (Fsp3) is 0.0769. The maximum Gasteiger partial charge on any atom is 0.416 e. The zero-order valence-electron chi connectivity index (χ0n) is 9.22. The van der Waals surface area contributed by atoms with Gasteiger partial charge in [0, 0.05) is 6.20 Å². The molecule has 0 fully saturated rings. The average Bonchev–Trinajstić information content (AvgIpc) is 2.37. The Kier molecular flexibility index (Phi) is 3.41. The van der Waals surface area contributed by atoms with Crippen LogP contribution in [0.15, 0.2) is 53.7 Å². The molecule has 0 atom stereocenters. The van der Waals surface area contributed by atoms with Gasteiger partial charge < -0.3 is 0 Å². The molecule has 2 rings (SSSR count). The number of rotatable bonds is 2. The van der Waals surface area contributed by atoms with Gasteiger partial charge in [-0.1, -0.05) is 6.07 Å². The van der Waals surface area contributed by atoms with Gasteiger partial charge in [0.1, 0.15) is 0 Å². The number of pyridine rings is 1. The van der Waals surface area contributed by atoms with Gasteiger partial charge in [-0.3, -0.25) is 9.98 Å². The van der Waals surface area contributed by atoms with E-state index in [9.17, 15) is 13.2 Å². The molecule has 0 radical (unpaired) electrons. The van der Waals surface area contributed by atoms with Crippen molar-refractivity contribution in [3.05, 3.63) is 59.9 Å². The smallest absolute Gasteiger partial charge is 0.255 e. The molecule has 0 amide bonds. The monoisotopic (exact) mass is 250 g/mol. The Morgan fingerprint density at radius 2 is 1.72 bits per heavy atom. The molecule has 0 saturated carbocycles. The zero-order chi connectivity index (χ0) is 13.0. The predicted octanol–water partition coefficient (Wildman–Crippen LogP) is 3.85. The van der Waals surface area contributed by atoms with E-state index in [1.54, 1.807) is 24.4 Å². The second kappa shape index (κ2) is 5.00. The summed E-state index contributed by atoms with van der Waals surface area (Å²) < 4.78 is 37.0. The van der Waals surface area contributed by atoms with Crippen LogP contribution in [0.5, 0.6) is 0 Å². The number of hydrogen-bond acceptors (Lipinski definition) is 2. The van der Waals surface area contributed by atoms with E-state index in [4.69, 9.17) is 0 Å². The maximum absolute atomic E-state index is 12.3. The molecule has 0 aliphatic heterocycles. The Hall–Kier alpha value is -2.17. The predicted molar refractivity (Wildman–Crippen MR) is 62.9 cm³/mol. The molecule has 0 N–H and O–H groups in total. The molecule has 5 heteroatoms. The van der Waals surface area contributed by atoms with Crippen LogP contribution in [-0.4, -0.2) is 11.2 Å². The van der Waals surface area contributed by atoms with Crippen LogP contribution in [0.1, 0.15) is 11.3 Å². The van der Waals surface area contributed by atoms with Crippen molar-refractivity contribution >= 4 is 11.9 Å². The van der Waals surface area contributed by atoms with E-state index in [1.165, 1.54) is 18.3 Å². The third-order valence-electron chi connectivity index (χ3n) is 2.23. The first kappa shape index (κ1) is 12.3. The van der Waals surface area contributed by atoms with E-state index in [0.29, 0.717) is 11.4 Å². The molecule has 0 saturated heterocycles. The quantitative estimate of drug-likeness (QED) is 0.743. The molecule has 1 heterocycles. The number of benzene rings is 1. The molecule has 0 aliphatic carbocycles. The van der Waals surface area contributed by atoms with Gasteiger partial charge in [0.2, 0.25) is 0 Å². The lowest BCUT2D eigenvalue weighted by Crippen LogP contribution is -2.03. The van der Waals surface area contributed by atoms with Gasteiger partial charge in [0.15, 0.2) is 0 Å². The van der Waals surface area contributed by atoms with Crippen LogP contribution in [0.3, 0.4) is 0 Å². The standard InChI is InChI=1S/C13H9F3N2/c14-13(15,16)10-4-6-11(7-5-10)18-9-12-3-1-2-8-17-12/h1-9H. The van der Waals surface area contributed by atoms with E-state index >= 15 is 0 Å². The minimum atomic E-state index is -4.32. The van der Waals surface area contributed by atoms with Gasteiger partial charge >= 0.3 is 6.18 Å². The second-order valence-electron chi connectivity index (χ2n) is 3.56. The van der Waals surface area contributed by atoms with Gasteiger partial charge in [-0.15, -0.1) is 0 Å². The average molecular weight is 250 g/mol. The third kappa shape index (κ3) is 3.16. The number of aliphatic imine (C=N–C) groups is 1. The Bertz CT molecular complexity index is 530. The van der Waals surface area contributed by atoms with Crippen LogP contribution in [0.25, 0.3) is 0 Å². The van der Waals surface area contributed by atoms with Crippen LogP contribution < -0.4 is 0 Å². The summed E-state index contributed by atoms with van der Waals surface area (Å²) >= 11 is 0. The lowest BCUT2D eigenvalue weighted by molar-refractivity contribution is -0.137. The highest BCUT2D eigenvalue weighted by atomic mass is 19.4. The number of halogens is 3. The Balaban J connectivity index is 2.14. The highest BCUT2D eigenvalue weighted by Crippen LogP contribution is 2.30. The van der Waals surface area contributed by atoms with E-state index in [2.05, 4.69) is 9.98 Å². The summed E-state index contributed by atoms with van der Waals surface area (Å²) in [5, 5.41) is 0. The van der Waals surface area contributed by atoms with Crippen molar-refractivity contribution in [2.24, 2.45) is 4.99 Å². The van der Waals surface area contributed by atoms with E-state index in [0.717, 1.165) is 12.1 Å². The molecule has 1 aromatic carbocycles. The molecule has 92 valence electrons. The lowest BCUT2D eigenvalue weighted by Gasteiger charge is -2.05. The van der Waals surface area contributed by atoms with Crippen LogP contribution in [0, 0.1) is 0 Å². The van der Waals surface area contributed by atoms with Crippen molar-refractivity contribution in [1.29, 1.82) is 0 Å². The van der Waals surface area contributed by atoms with Crippen molar-refractivity contribution in [3.8, 4) is 0 Å². The summed E-state index contributed by atoms with van der Waals surface area (Å²) in [6, 6.07) is 9.99. The Morgan fingerprint density at radius 3 is 2.28 bits per heavy atom. The first-order chi connectivity index (χ1) is 8.55. The third-order valence-corrected chi connectivity index (χ3v) is 2.23. The van der Waals surface area contributed by atoms with Crippen LogP contribution >= 0.6 is 0 Å². The van der Waals surface area contributed by atoms with Gasteiger partial charge in [0.05, 0.1) is 23.2 Å². The number of nitrogens with zero attached hydrogens (tertiary/aromatic N) is 2. The summed E-state index contributed by atoms with van der Waals surface area (Å²) in [6.45, 7) is 0. The highest BCUT2D eigenvalue weighted by Gasteiger charge is 2.29. The molecule has 0 aliphatic rings. The molecule has 0 bridgehead atoms. The Morgan fingerprint density at radius 1 is 1.00 bits per heavy atom. The van der Waals surface area contributed by atoms with Crippen molar-refractivity contribution in [3.63, 3.8) is 0 Å². The molecule has 0 unspecified atom stereocenters. The lowest BCUT2D eigenvalue weighted by atomic mass is 10.2. The van der Waals surface area contributed by atoms with Gasteiger partial charge in [-0.2, -0.15) is 13.2 Å². The second-order valence-corrected chi connectivity index (χ2v) is 3.56. The summed E-state index contributed by atoms with van der Waals surface area (Å²) in [6.07, 6.45) is -1.19. The van der Waals surface area contributed by atoms with E-state index in [-0.39, 0.29) is 0 Å². The molecular weight excluding hydrogens is 241 g/mol. The summed E-state index contributed by atoms with van der Waals surface area (Å²) in [4.78, 5) is 8.07. The van der Waals surface area contributed by atoms with Crippen molar-refractivity contribution in [1.82, 2.24) is 4.98 Å². The summed E-state index contributed by atoms with van der Waals surface area (Å²) in [7, 11) is 0. The van der Waals surface area contributed by atoms with E-state index < -0.39 is 11.7 Å². The van der Waals surface area contributed by atoms with Crippen LogP contribution in [-0.2, 0) is 6.18 Å². The minimum absolute atomic E-state index is 0.452. The fourth-order valence-electron chi connectivity index (χ4n) is 1.33. The van der Waals surface area contributed by atoms with Crippen LogP contribution in [0.2, 0.25) is 0 Å².